The van der Waals surface area contributed by atoms with E-state index in [1.54, 1.807) is 6.92 Å². The first-order valence-electron chi connectivity index (χ1n) is 7.94. The van der Waals surface area contributed by atoms with Crippen LogP contribution in [0.4, 0.5) is 0 Å². The van der Waals surface area contributed by atoms with Gasteiger partial charge >= 0.3 is 5.97 Å². The predicted octanol–water partition coefficient (Wildman–Crippen LogP) is 4.18. The molecule has 108 valence electrons. The highest BCUT2D eigenvalue weighted by atomic mass is 16.6. The zero-order chi connectivity index (χ0) is 14.1. The number of carbonyl (C=O) groups excluding carboxylic acids is 1. The van der Waals surface area contributed by atoms with E-state index in [1.807, 2.05) is 0 Å². The summed E-state index contributed by atoms with van der Waals surface area (Å²) in [6.07, 6.45) is 6.17. The number of esters is 1. The molecule has 3 unspecified atom stereocenters. The van der Waals surface area contributed by atoms with E-state index in [0.717, 1.165) is 24.2 Å². The van der Waals surface area contributed by atoms with Crippen LogP contribution in [0, 0.1) is 28.6 Å². The van der Waals surface area contributed by atoms with Gasteiger partial charge in [0.25, 0.3) is 0 Å². The summed E-state index contributed by atoms with van der Waals surface area (Å²) in [6.45, 7) is 11.1. The first-order chi connectivity index (χ1) is 8.74. The largest absolute Gasteiger partial charge is 0.458 e. The lowest BCUT2D eigenvalue weighted by Gasteiger charge is -2.72. The molecule has 0 N–H and O–H groups in total. The highest BCUT2D eigenvalue weighted by molar-refractivity contribution is 5.67. The van der Waals surface area contributed by atoms with Crippen LogP contribution < -0.4 is 0 Å². The minimum absolute atomic E-state index is 0.0878. The molecule has 0 heterocycles. The summed E-state index contributed by atoms with van der Waals surface area (Å²) in [5.41, 5.74) is 0.0983. The number of rotatable bonds is 1. The Morgan fingerprint density at radius 1 is 1.16 bits per heavy atom. The topological polar surface area (TPSA) is 26.3 Å². The third-order valence-corrected chi connectivity index (χ3v) is 7.31. The fraction of sp³-hybridized carbons (Fsp3) is 0.941. The fourth-order valence-electron chi connectivity index (χ4n) is 6.21. The van der Waals surface area contributed by atoms with E-state index in [-0.39, 0.29) is 22.4 Å². The molecular formula is C17H28O2. The lowest BCUT2D eigenvalue weighted by Crippen LogP contribution is -2.72. The molecule has 0 aliphatic heterocycles. The Hall–Kier alpha value is -0.530. The van der Waals surface area contributed by atoms with Crippen molar-refractivity contribution in [1.29, 1.82) is 0 Å². The van der Waals surface area contributed by atoms with Gasteiger partial charge in [-0.15, -0.1) is 0 Å². The Morgan fingerprint density at radius 2 is 1.84 bits per heavy atom. The predicted molar refractivity (Wildman–Crippen MR) is 75.6 cm³/mol. The molecule has 0 radical (unpaired) electrons. The second kappa shape index (κ2) is 3.77. The normalized spacial score (nSPS) is 50.9. The van der Waals surface area contributed by atoms with Crippen LogP contribution in [-0.2, 0) is 9.53 Å². The van der Waals surface area contributed by atoms with E-state index < -0.39 is 0 Å². The number of hydrogen-bond acceptors (Lipinski definition) is 2. The van der Waals surface area contributed by atoms with Gasteiger partial charge < -0.3 is 4.74 Å². The number of ether oxygens (including phenoxy) is 1. The van der Waals surface area contributed by atoms with Crippen LogP contribution in [0.15, 0.2) is 0 Å². The molecule has 0 aromatic carbocycles. The number of hydrogen-bond donors (Lipinski definition) is 0. The fourth-order valence-corrected chi connectivity index (χ4v) is 6.21. The molecule has 4 fully saturated rings. The third kappa shape index (κ3) is 1.41. The average Bonchev–Trinajstić information content (AvgIpc) is 2.30. The average molecular weight is 264 g/mol. The van der Waals surface area contributed by atoms with Crippen LogP contribution in [0.2, 0.25) is 0 Å². The van der Waals surface area contributed by atoms with Crippen molar-refractivity contribution in [2.75, 3.05) is 0 Å². The van der Waals surface area contributed by atoms with Crippen LogP contribution in [0.5, 0.6) is 0 Å². The maximum Gasteiger partial charge on any atom is 0.303 e. The summed E-state index contributed by atoms with van der Waals surface area (Å²) in [5.74, 6) is 2.16. The van der Waals surface area contributed by atoms with Crippen molar-refractivity contribution in [3.63, 3.8) is 0 Å². The molecule has 4 aliphatic rings. The van der Waals surface area contributed by atoms with Crippen molar-refractivity contribution < 1.29 is 9.53 Å². The first-order valence-corrected chi connectivity index (χ1v) is 7.94. The number of fused-ring (bicyclic) bond motifs is 1. The van der Waals surface area contributed by atoms with Crippen LogP contribution >= 0.6 is 0 Å². The monoisotopic (exact) mass is 264 g/mol. The summed E-state index contributed by atoms with van der Waals surface area (Å²) < 4.78 is 6.11. The van der Waals surface area contributed by atoms with Crippen molar-refractivity contribution in [3.8, 4) is 0 Å². The van der Waals surface area contributed by atoms with Crippen LogP contribution in [0.25, 0.3) is 0 Å². The highest BCUT2D eigenvalue weighted by Gasteiger charge is 2.72. The summed E-state index contributed by atoms with van der Waals surface area (Å²) >= 11 is 0. The molecule has 0 spiro atoms. The van der Waals surface area contributed by atoms with Gasteiger partial charge in [-0.3, -0.25) is 4.79 Å². The standard InChI is InChI=1S/C17H28O2/c1-11-6-9-17(19-12(2)18)15(3,4)13-7-8-16(17,5)14(11)10-13/h11,13-14H,6-10H2,1-5H3/t11?,13?,14?,16-,17+/m1/s1. The molecule has 0 aromatic heterocycles. The van der Waals surface area contributed by atoms with E-state index in [4.69, 9.17) is 4.74 Å². The molecule has 4 bridgehead atoms. The van der Waals surface area contributed by atoms with Gasteiger partial charge in [0.05, 0.1) is 0 Å². The van der Waals surface area contributed by atoms with Gasteiger partial charge in [-0.2, -0.15) is 0 Å². The van der Waals surface area contributed by atoms with E-state index >= 15 is 0 Å². The van der Waals surface area contributed by atoms with Crippen molar-refractivity contribution in [2.24, 2.45) is 28.6 Å². The summed E-state index contributed by atoms with van der Waals surface area (Å²) in [4.78, 5) is 11.8. The van der Waals surface area contributed by atoms with Crippen molar-refractivity contribution >= 4 is 5.97 Å². The minimum Gasteiger partial charge on any atom is -0.458 e. The molecule has 4 rings (SSSR count). The van der Waals surface area contributed by atoms with Gasteiger partial charge in [-0.25, -0.2) is 0 Å². The second-order valence-corrected chi connectivity index (χ2v) is 8.15. The SMILES string of the molecule is CC(=O)O[C@]12CCC(C)C3CC(CC[C@]31C)C2(C)C. The van der Waals surface area contributed by atoms with E-state index in [1.165, 1.54) is 25.7 Å². The zero-order valence-corrected chi connectivity index (χ0v) is 13.1. The Kier molecular flexibility index (Phi) is 2.67. The molecule has 2 nitrogen and oxygen atoms in total. The maximum atomic E-state index is 11.8. The van der Waals surface area contributed by atoms with E-state index in [2.05, 4.69) is 27.7 Å². The molecule has 4 saturated carbocycles. The Balaban J connectivity index is 2.13. The Morgan fingerprint density at radius 3 is 2.47 bits per heavy atom. The van der Waals surface area contributed by atoms with Crippen LogP contribution in [0.3, 0.4) is 0 Å². The van der Waals surface area contributed by atoms with Gasteiger partial charge in [0.15, 0.2) is 0 Å². The molecular weight excluding hydrogens is 236 g/mol. The summed E-state index contributed by atoms with van der Waals surface area (Å²) in [6, 6.07) is 0. The Labute approximate surface area is 117 Å². The quantitative estimate of drug-likeness (QED) is 0.664. The lowest BCUT2D eigenvalue weighted by molar-refractivity contribution is -0.298. The molecule has 5 atom stereocenters. The van der Waals surface area contributed by atoms with Crippen LogP contribution in [-0.4, -0.2) is 11.6 Å². The highest BCUT2D eigenvalue weighted by Crippen LogP contribution is 2.72. The molecule has 19 heavy (non-hydrogen) atoms. The van der Waals surface area contributed by atoms with Crippen molar-refractivity contribution in [2.45, 2.75) is 72.3 Å². The van der Waals surface area contributed by atoms with Crippen LogP contribution in [0.1, 0.15) is 66.7 Å². The van der Waals surface area contributed by atoms with Gasteiger partial charge in [-0.05, 0) is 49.9 Å². The smallest absolute Gasteiger partial charge is 0.303 e. The Bertz CT molecular complexity index is 413. The van der Waals surface area contributed by atoms with Gasteiger partial charge in [0.2, 0.25) is 0 Å². The number of carbonyl (C=O) groups is 1. The molecule has 0 saturated heterocycles. The zero-order valence-electron chi connectivity index (χ0n) is 13.1. The lowest BCUT2D eigenvalue weighted by atomic mass is 9.35. The maximum absolute atomic E-state index is 11.8. The van der Waals surface area contributed by atoms with E-state index in [0.29, 0.717) is 0 Å². The molecule has 4 aliphatic carbocycles. The second-order valence-electron chi connectivity index (χ2n) is 8.15. The van der Waals surface area contributed by atoms with Gasteiger partial charge in [-0.1, -0.05) is 27.7 Å². The van der Waals surface area contributed by atoms with Gasteiger partial charge in [0, 0.05) is 17.8 Å². The van der Waals surface area contributed by atoms with Gasteiger partial charge in [0.1, 0.15) is 5.60 Å². The summed E-state index contributed by atoms with van der Waals surface area (Å²) in [5, 5.41) is 0. The molecule has 0 aromatic rings. The van der Waals surface area contributed by atoms with Crippen molar-refractivity contribution in [3.05, 3.63) is 0 Å². The third-order valence-electron chi connectivity index (χ3n) is 7.31. The van der Waals surface area contributed by atoms with E-state index in [9.17, 15) is 4.79 Å². The molecule has 0 amide bonds. The molecule has 2 heteroatoms. The first kappa shape index (κ1) is 13.5. The van der Waals surface area contributed by atoms with Crippen molar-refractivity contribution in [1.82, 2.24) is 0 Å². The summed E-state index contributed by atoms with van der Waals surface area (Å²) in [7, 11) is 0. The minimum atomic E-state index is -0.218.